The molecule has 0 aliphatic rings. The normalized spacial score (nSPS) is 11.6. The fraction of sp³-hybridized carbons (Fsp3) is 0.429. The average molecular weight is 265 g/mol. The monoisotopic (exact) mass is 265 g/mol. The first-order valence-corrected chi connectivity index (χ1v) is 6.60. The molecule has 0 bridgehead atoms. The molecule has 1 amide bonds. The zero-order valence-corrected chi connectivity index (χ0v) is 10.1. The summed E-state index contributed by atoms with van der Waals surface area (Å²) in [4.78, 5) is 23.3. The van der Waals surface area contributed by atoms with Crippen LogP contribution in [-0.4, -0.2) is 25.9 Å². The van der Waals surface area contributed by atoms with E-state index in [0.29, 0.717) is 11.3 Å². The first-order valence-electron chi connectivity index (χ1n) is 4.30. The lowest BCUT2D eigenvalue weighted by atomic mass is 10.4. The molecule has 0 radical (unpaired) electrons. The predicted octanol–water partition coefficient (Wildman–Crippen LogP) is -1.10. The smallest absolute Gasteiger partial charge is 0.305 e. The van der Waals surface area contributed by atoms with E-state index in [2.05, 4.69) is 9.71 Å². The molecule has 9 heteroatoms. The Kier molecular flexibility index (Phi) is 3.83. The number of rotatable bonds is 5. The van der Waals surface area contributed by atoms with Gasteiger partial charge in [-0.2, -0.15) is 0 Å². The molecular formula is C7H11N3O4S2. The fourth-order valence-electron chi connectivity index (χ4n) is 1.02. The van der Waals surface area contributed by atoms with Gasteiger partial charge in [-0.05, 0) is 6.92 Å². The number of amides is 1. The Morgan fingerprint density at radius 1 is 1.56 bits per heavy atom. The third kappa shape index (κ3) is 3.15. The van der Waals surface area contributed by atoms with Crippen LogP contribution in [-0.2, 0) is 14.8 Å². The predicted molar refractivity (Wildman–Crippen MR) is 58.7 cm³/mol. The van der Waals surface area contributed by atoms with E-state index in [1.165, 1.54) is 6.92 Å². The summed E-state index contributed by atoms with van der Waals surface area (Å²) < 4.78 is 25.4. The SMILES string of the molecule is Cc1[nH]c(=O)sc1S(=O)(=O)NCCC(N)=O. The van der Waals surface area contributed by atoms with Crippen LogP contribution in [0.15, 0.2) is 9.00 Å². The summed E-state index contributed by atoms with van der Waals surface area (Å²) in [5.74, 6) is -0.596. The number of hydrogen-bond donors (Lipinski definition) is 3. The number of sulfonamides is 1. The Hall–Kier alpha value is -1.19. The summed E-state index contributed by atoms with van der Waals surface area (Å²) in [6.45, 7) is 1.41. The van der Waals surface area contributed by atoms with Gasteiger partial charge < -0.3 is 10.7 Å². The average Bonchev–Trinajstić information content (AvgIpc) is 2.44. The number of hydrogen-bond acceptors (Lipinski definition) is 5. The minimum absolute atomic E-state index is 0.0676. The highest BCUT2D eigenvalue weighted by atomic mass is 32.2. The second-order valence-corrected chi connectivity index (χ2v) is 5.99. The topological polar surface area (TPSA) is 122 Å². The van der Waals surface area contributed by atoms with E-state index in [4.69, 9.17) is 5.73 Å². The molecule has 0 aliphatic heterocycles. The number of carbonyl (C=O) groups excluding carboxylic acids is 1. The molecule has 0 spiro atoms. The minimum Gasteiger partial charge on any atom is -0.370 e. The maximum absolute atomic E-state index is 11.6. The third-order valence-electron chi connectivity index (χ3n) is 1.69. The van der Waals surface area contributed by atoms with Crippen molar-refractivity contribution in [3.05, 3.63) is 15.4 Å². The highest BCUT2D eigenvalue weighted by Crippen LogP contribution is 2.14. The van der Waals surface area contributed by atoms with Crippen LogP contribution < -0.4 is 15.3 Å². The molecule has 0 saturated heterocycles. The van der Waals surface area contributed by atoms with Crippen molar-refractivity contribution in [3.8, 4) is 0 Å². The van der Waals surface area contributed by atoms with Crippen molar-refractivity contribution >= 4 is 27.3 Å². The van der Waals surface area contributed by atoms with E-state index in [0.717, 1.165) is 0 Å². The molecule has 4 N–H and O–H groups in total. The standard InChI is InChI=1S/C7H11N3O4S2/c1-4-6(15-7(12)10-4)16(13,14)9-3-2-5(8)11/h9H,2-3H2,1H3,(H2,8,11)(H,10,12). The molecule has 0 aliphatic carbocycles. The number of nitrogens with one attached hydrogen (secondary N) is 2. The molecule has 0 saturated carbocycles. The molecule has 16 heavy (non-hydrogen) atoms. The second-order valence-electron chi connectivity index (χ2n) is 3.04. The zero-order valence-electron chi connectivity index (χ0n) is 8.44. The van der Waals surface area contributed by atoms with Crippen molar-refractivity contribution in [2.75, 3.05) is 6.54 Å². The van der Waals surface area contributed by atoms with Crippen LogP contribution in [0, 0.1) is 6.92 Å². The van der Waals surface area contributed by atoms with Gasteiger partial charge in [0, 0.05) is 18.7 Å². The van der Waals surface area contributed by atoms with Gasteiger partial charge in [0.15, 0.2) is 4.21 Å². The number of aromatic amines is 1. The van der Waals surface area contributed by atoms with Crippen LogP contribution in [0.5, 0.6) is 0 Å². The molecule has 0 aromatic carbocycles. The maximum Gasteiger partial charge on any atom is 0.305 e. The quantitative estimate of drug-likeness (QED) is 0.625. The number of nitrogens with two attached hydrogens (primary N) is 1. The Labute approximate surface area is 95.7 Å². The van der Waals surface area contributed by atoms with E-state index in [9.17, 15) is 18.0 Å². The number of primary amides is 1. The van der Waals surface area contributed by atoms with Crippen molar-refractivity contribution in [1.29, 1.82) is 0 Å². The summed E-state index contributed by atoms with van der Waals surface area (Å²) in [6, 6.07) is 0. The molecular weight excluding hydrogens is 254 g/mol. The Bertz CT molecular complexity index is 542. The molecule has 1 aromatic heterocycles. The fourth-order valence-corrected chi connectivity index (χ4v) is 3.40. The van der Waals surface area contributed by atoms with Gasteiger partial charge in [0.2, 0.25) is 5.91 Å². The lowest BCUT2D eigenvalue weighted by Gasteiger charge is -2.03. The van der Waals surface area contributed by atoms with E-state index in [-0.39, 0.29) is 22.9 Å². The molecule has 1 aromatic rings. The van der Waals surface area contributed by atoms with Gasteiger partial charge in [0.05, 0.1) is 0 Å². The molecule has 0 atom stereocenters. The molecule has 90 valence electrons. The number of aryl methyl sites for hydroxylation is 1. The largest absolute Gasteiger partial charge is 0.370 e. The number of aromatic nitrogens is 1. The van der Waals surface area contributed by atoms with Crippen LogP contribution in [0.2, 0.25) is 0 Å². The summed E-state index contributed by atoms with van der Waals surface area (Å²) >= 11 is 0.602. The second kappa shape index (κ2) is 4.76. The lowest BCUT2D eigenvalue weighted by molar-refractivity contribution is -0.117. The van der Waals surface area contributed by atoms with Gasteiger partial charge in [0.25, 0.3) is 10.0 Å². The van der Waals surface area contributed by atoms with Crippen LogP contribution in [0.25, 0.3) is 0 Å². The summed E-state index contributed by atoms with van der Waals surface area (Å²) in [7, 11) is -3.74. The highest BCUT2D eigenvalue weighted by Gasteiger charge is 2.19. The van der Waals surface area contributed by atoms with Crippen molar-refractivity contribution in [2.24, 2.45) is 5.73 Å². The first-order chi connectivity index (χ1) is 7.33. The zero-order chi connectivity index (χ0) is 12.3. The Morgan fingerprint density at radius 3 is 2.62 bits per heavy atom. The molecule has 1 heterocycles. The van der Waals surface area contributed by atoms with E-state index < -0.39 is 20.8 Å². The van der Waals surface area contributed by atoms with Gasteiger partial charge >= 0.3 is 4.87 Å². The van der Waals surface area contributed by atoms with E-state index >= 15 is 0 Å². The third-order valence-corrected chi connectivity index (χ3v) is 4.75. The van der Waals surface area contributed by atoms with Crippen molar-refractivity contribution in [3.63, 3.8) is 0 Å². The molecule has 0 unspecified atom stereocenters. The minimum atomic E-state index is -3.74. The molecule has 1 rings (SSSR count). The van der Waals surface area contributed by atoms with Gasteiger partial charge in [-0.25, -0.2) is 13.1 Å². The van der Waals surface area contributed by atoms with Crippen molar-refractivity contribution < 1.29 is 13.2 Å². The van der Waals surface area contributed by atoms with Crippen LogP contribution in [0.3, 0.4) is 0 Å². The van der Waals surface area contributed by atoms with Crippen LogP contribution in [0.1, 0.15) is 12.1 Å². The van der Waals surface area contributed by atoms with Crippen LogP contribution >= 0.6 is 11.3 Å². The van der Waals surface area contributed by atoms with Gasteiger partial charge in [0.1, 0.15) is 0 Å². The van der Waals surface area contributed by atoms with Crippen molar-refractivity contribution in [2.45, 2.75) is 17.6 Å². The molecule has 7 nitrogen and oxygen atoms in total. The Morgan fingerprint density at radius 2 is 2.19 bits per heavy atom. The highest BCUT2D eigenvalue weighted by molar-refractivity contribution is 7.91. The van der Waals surface area contributed by atoms with E-state index in [1.54, 1.807) is 0 Å². The Balaban J connectivity index is 2.82. The summed E-state index contributed by atoms with van der Waals surface area (Å²) in [6.07, 6.45) is -0.0857. The number of carbonyl (C=O) groups is 1. The van der Waals surface area contributed by atoms with Gasteiger partial charge in [-0.3, -0.25) is 9.59 Å². The summed E-state index contributed by atoms with van der Waals surface area (Å²) in [5.41, 5.74) is 5.15. The number of H-pyrrole nitrogens is 1. The maximum atomic E-state index is 11.6. The van der Waals surface area contributed by atoms with Crippen molar-refractivity contribution in [1.82, 2.24) is 9.71 Å². The van der Waals surface area contributed by atoms with Gasteiger partial charge in [-0.1, -0.05) is 11.3 Å². The lowest BCUT2D eigenvalue weighted by Crippen LogP contribution is -2.27. The number of thiazole rings is 1. The van der Waals surface area contributed by atoms with Gasteiger partial charge in [-0.15, -0.1) is 0 Å². The van der Waals surface area contributed by atoms with E-state index in [1.807, 2.05) is 0 Å². The van der Waals surface area contributed by atoms with Crippen LogP contribution in [0.4, 0.5) is 0 Å². The first kappa shape index (κ1) is 12.9. The summed E-state index contributed by atoms with van der Waals surface area (Å²) in [5, 5.41) is 0. The molecule has 0 fully saturated rings.